The maximum Gasteiger partial charge on any atom is 0.417 e. The number of rotatable bonds is 3. The number of piperazine rings is 1. The highest BCUT2D eigenvalue weighted by Crippen LogP contribution is 2.54. The summed E-state index contributed by atoms with van der Waals surface area (Å²) in [7, 11) is 0. The quantitative estimate of drug-likeness (QED) is 0.300. The van der Waals surface area contributed by atoms with Gasteiger partial charge in [-0.05, 0) is 26.0 Å². The number of thiophene rings is 1. The second-order valence-corrected chi connectivity index (χ2v) is 14.6. The molecule has 1 spiro atoms. The Kier molecular flexibility index (Phi) is 6.94. The summed E-state index contributed by atoms with van der Waals surface area (Å²) in [5, 5.41) is 2.59. The van der Waals surface area contributed by atoms with Crippen LogP contribution in [0.4, 0.5) is 24.9 Å². The number of carbonyl (C=O) groups is 1. The van der Waals surface area contributed by atoms with Crippen LogP contribution >= 0.6 is 34.9 Å². The summed E-state index contributed by atoms with van der Waals surface area (Å²) in [6.07, 6.45) is -1.96. The summed E-state index contributed by atoms with van der Waals surface area (Å²) < 4.78 is 47.1. The van der Waals surface area contributed by atoms with Gasteiger partial charge in [-0.3, -0.25) is 9.36 Å². The number of carbonyl (C=O) groups excluding carboxylic acids is 1. The van der Waals surface area contributed by atoms with Crippen LogP contribution in [0.2, 0.25) is 0 Å². The van der Waals surface area contributed by atoms with Crippen LogP contribution < -0.4 is 16.3 Å². The number of amides is 1. The minimum Gasteiger partial charge on any atom is -0.368 e. The number of nitrogens with two attached hydrogens (primary N) is 1. The predicted molar refractivity (Wildman–Crippen MR) is 170 cm³/mol. The molecule has 230 valence electrons. The van der Waals surface area contributed by atoms with Crippen molar-refractivity contribution >= 4 is 74.3 Å². The fourth-order valence-electron chi connectivity index (χ4n) is 6.39. The van der Waals surface area contributed by atoms with E-state index in [0.717, 1.165) is 28.9 Å². The number of anilines is 2. The van der Waals surface area contributed by atoms with E-state index in [-0.39, 0.29) is 46.1 Å². The Balaban J connectivity index is 1.54. The summed E-state index contributed by atoms with van der Waals surface area (Å²) in [5.41, 5.74) is 5.14. The average Bonchev–Trinajstić information content (AvgIpc) is 3.26. The third-order valence-corrected chi connectivity index (χ3v) is 12.7. The Morgan fingerprint density at radius 1 is 1.18 bits per heavy atom. The van der Waals surface area contributed by atoms with E-state index in [1.54, 1.807) is 26.6 Å². The lowest BCUT2D eigenvalue weighted by molar-refractivity contribution is -0.137. The van der Waals surface area contributed by atoms with Gasteiger partial charge in [-0.25, -0.2) is 14.8 Å². The molecule has 9 nitrogen and oxygen atoms in total. The van der Waals surface area contributed by atoms with E-state index in [1.807, 2.05) is 18.7 Å². The lowest BCUT2D eigenvalue weighted by atomic mass is 9.94. The van der Waals surface area contributed by atoms with Crippen molar-refractivity contribution in [1.29, 1.82) is 0 Å². The number of alkyl halides is 3. The van der Waals surface area contributed by atoms with Gasteiger partial charge in [-0.15, -0.1) is 23.1 Å². The number of benzene rings is 1. The van der Waals surface area contributed by atoms with Gasteiger partial charge in [-0.2, -0.15) is 29.9 Å². The molecule has 3 aromatic heterocycles. The fraction of sp³-hybridized carbons (Fsp3) is 0.414. The molecule has 0 unspecified atom stereocenters. The van der Waals surface area contributed by atoms with Crippen molar-refractivity contribution in [2.24, 2.45) is 5.41 Å². The standard InChI is InChI=1S/C29H28F3N7O2S3/c1-4-19(40)37-7-15(3)38(8-14(37)2)25-17-5-18(29(30,31)32)20(23-21-16(9-43-23)6-34-26(33)35-21)24-22(17)39(27(41)36-25)10-28(13-44-24)11-42-12-28/h4-6,9,14-15H,1,7-8,10-13H2,2-3H3,(H2,33,35)/t14-,15+/m1/s1. The molecule has 2 saturated heterocycles. The van der Waals surface area contributed by atoms with Gasteiger partial charge in [0.2, 0.25) is 11.9 Å². The molecule has 3 aliphatic heterocycles. The van der Waals surface area contributed by atoms with E-state index in [9.17, 15) is 9.59 Å². The minimum atomic E-state index is -4.72. The lowest BCUT2D eigenvalue weighted by Crippen LogP contribution is -2.58. The molecule has 6 heterocycles. The molecule has 0 aliphatic carbocycles. The molecule has 2 N–H and O–H groups in total. The zero-order valence-electron chi connectivity index (χ0n) is 23.8. The predicted octanol–water partition coefficient (Wildman–Crippen LogP) is 5.12. The average molecular weight is 660 g/mol. The topological polar surface area (TPSA) is 110 Å². The van der Waals surface area contributed by atoms with Gasteiger partial charge in [0.15, 0.2) is 0 Å². The minimum absolute atomic E-state index is 0.00485. The van der Waals surface area contributed by atoms with Gasteiger partial charge in [0.1, 0.15) is 5.82 Å². The number of aromatic nitrogens is 4. The van der Waals surface area contributed by atoms with Gasteiger partial charge in [0.25, 0.3) is 0 Å². The van der Waals surface area contributed by atoms with Gasteiger partial charge >= 0.3 is 11.9 Å². The number of thioether (sulfide) groups is 2. The van der Waals surface area contributed by atoms with E-state index in [0.29, 0.717) is 51.6 Å². The van der Waals surface area contributed by atoms with Crippen molar-refractivity contribution in [3.63, 3.8) is 0 Å². The molecule has 0 saturated carbocycles. The Labute approximate surface area is 262 Å². The Hall–Kier alpha value is -3.30. The first-order valence-electron chi connectivity index (χ1n) is 14.0. The van der Waals surface area contributed by atoms with Crippen LogP contribution in [0.25, 0.3) is 32.2 Å². The van der Waals surface area contributed by atoms with Crippen LogP contribution in [0.15, 0.2) is 40.0 Å². The highest BCUT2D eigenvalue weighted by atomic mass is 32.2. The fourth-order valence-corrected chi connectivity index (χ4v) is 10.4. The number of halogens is 3. The van der Waals surface area contributed by atoms with Gasteiger partial charge in [-0.1, -0.05) is 6.58 Å². The summed E-state index contributed by atoms with van der Waals surface area (Å²) in [6, 6.07) is 0.557. The first kappa shape index (κ1) is 29.4. The Morgan fingerprint density at radius 2 is 1.95 bits per heavy atom. The molecule has 4 aromatic rings. The van der Waals surface area contributed by atoms with Crippen LogP contribution in [0.5, 0.6) is 0 Å². The molecule has 44 heavy (non-hydrogen) atoms. The number of nitrogens with zero attached hydrogens (tertiary/aromatic N) is 6. The van der Waals surface area contributed by atoms with Crippen molar-refractivity contribution in [1.82, 2.24) is 24.4 Å². The third-order valence-electron chi connectivity index (χ3n) is 8.63. The zero-order valence-corrected chi connectivity index (χ0v) is 26.3. The summed E-state index contributed by atoms with van der Waals surface area (Å²) in [4.78, 5) is 43.5. The molecule has 3 aliphatic rings. The van der Waals surface area contributed by atoms with E-state index >= 15 is 13.2 Å². The summed E-state index contributed by atoms with van der Waals surface area (Å²) in [6.45, 7) is 8.32. The molecule has 0 radical (unpaired) electrons. The number of fused-ring (bicyclic) bond motifs is 1. The lowest BCUT2D eigenvalue weighted by Gasteiger charge is -2.44. The van der Waals surface area contributed by atoms with Crippen LogP contribution in [-0.4, -0.2) is 72.8 Å². The van der Waals surface area contributed by atoms with E-state index in [4.69, 9.17) is 5.73 Å². The SMILES string of the molecule is C=CC(=O)N1C[C@H](C)N(c2nc(=O)n3c4c(c(-c5scc6cnc(N)nc56)c(C(F)(F)F)cc24)SCC2(CSC2)C3)C[C@H]1C. The van der Waals surface area contributed by atoms with E-state index in [1.165, 1.54) is 24.0 Å². The van der Waals surface area contributed by atoms with E-state index < -0.39 is 17.4 Å². The highest BCUT2D eigenvalue weighted by molar-refractivity contribution is 8.01. The van der Waals surface area contributed by atoms with Crippen molar-refractivity contribution in [3.05, 3.63) is 46.3 Å². The molecule has 0 bridgehead atoms. The largest absolute Gasteiger partial charge is 0.417 e. The van der Waals surface area contributed by atoms with Crippen molar-refractivity contribution in [3.8, 4) is 10.4 Å². The maximum absolute atomic E-state index is 15.2. The van der Waals surface area contributed by atoms with Crippen molar-refractivity contribution < 1.29 is 18.0 Å². The number of hydrogen-bond acceptors (Lipinski definition) is 10. The third kappa shape index (κ3) is 4.57. The number of nitrogen functional groups attached to an aromatic ring is 1. The smallest absolute Gasteiger partial charge is 0.368 e. The van der Waals surface area contributed by atoms with Crippen molar-refractivity contribution in [2.45, 2.75) is 43.5 Å². The second-order valence-electron chi connectivity index (χ2n) is 11.7. The Bertz CT molecular complexity index is 1920. The van der Waals surface area contributed by atoms with E-state index in [2.05, 4.69) is 21.5 Å². The monoisotopic (exact) mass is 659 g/mol. The molecular formula is C29H28F3N7O2S3. The van der Waals surface area contributed by atoms with Gasteiger partial charge in [0, 0.05) is 87.2 Å². The zero-order chi connectivity index (χ0) is 31.1. The summed E-state index contributed by atoms with van der Waals surface area (Å²) >= 11 is 4.30. The highest BCUT2D eigenvalue weighted by Gasteiger charge is 2.45. The normalized spacial score (nSPS) is 21.5. The molecule has 15 heteroatoms. The summed E-state index contributed by atoms with van der Waals surface area (Å²) in [5.74, 6) is 2.13. The number of hydrogen-bond donors (Lipinski definition) is 1. The molecule has 1 aromatic carbocycles. The Morgan fingerprint density at radius 3 is 2.64 bits per heavy atom. The maximum atomic E-state index is 15.2. The molecule has 2 fully saturated rings. The van der Waals surface area contributed by atoms with Crippen LogP contribution in [0, 0.1) is 5.41 Å². The van der Waals surface area contributed by atoms with Gasteiger partial charge in [0.05, 0.1) is 21.5 Å². The van der Waals surface area contributed by atoms with Crippen LogP contribution in [-0.2, 0) is 17.5 Å². The van der Waals surface area contributed by atoms with Crippen molar-refractivity contribution in [2.75, 3.05) is 41.0 Å². The van der Waals surface area contributed by atoms with Gasteiger partial charge < -0.3 is 15.5 Å². The first-order valence-corrected chi connectivity index (χ1v) is 17.0. The molecule has 2 atom stereocenters. The van der Waals surface area contributed by atoms with Crippen LogP contribution in [0.3, 0.4) is 0 Å². The molecule has 7 rings (SSSR count). The van der Waals surface area contributed by atoms with Crippen LogP contribution in [0.1, 0.15) is 19.4 Å². The first-order chi connectivity index (χ1) is 20.9. The molecular weight excluding hydrogens is 632 g/mol. The second kappa shape index (κ2) is 10.4. The molecule has 1 amide bonds.